The van der Waals surface area contributed by atoms with Crippen molar-refractivity contribution in [2.24, 2.45) is 0 Å². The van der Waals surface area contributed by atoms with Crippen molar-refractivity contribution in [2.75, 3.05) is 11.9 Å². The number of anilines is 1. The molecule has 0 radical (unpaired) electrons. The van der Waals surface area contributed by atoms with Crippen LogP contribution in [-0.2, 0) is 11.4 Å². The minimum Gasteiger partial charge on any atom is -0.489 e. The van der Waals surface area contributed by atoms with Gasteiger partial charge >= 0.3 is 0 Å². The van der Waals surface area contributed by atoms with Crippen molar-refractivity contribution in [1.82, 2.24) is 5.32 Å². The van der Waals surface area contributed by atoms with Crippen LogP contribution in [0.1, 0.15) is 21.5 Å². The molecule has 3 aromatic rings. The first-order valence-electron chi connectivity index (χ1n) is 9.09. The topological polar surface area (TPSA) is 91.2 Å². The Morgan fingerprint density at radius 3 is 2.60 bits per heavy atom. The van der Waals surface area contributed by atoms with Gasteiger partial charge in [0.15, 0.2) is 0 Å². The Labute approximate surface area is 182 Å². The number of rotatable bonds is 7. The third-order valence-corrected chi connectivity index (χ3v) is 4.57. The van der Waals surface area contributed by atoms with Crippen molar-refractivity contribution in [2.45, 2.75) is 6.61 Å². The fourth-order valence-corrected chi connectivity index (χ4v) is 3.06. The van der Waals surface area contributed by atoms with E-state index in [0.29, 0.717) is 29.2 Å². The number of amides is 2. The van der Waals surface area contributed by atoms with Crippen LogP contribution in [0.15, 0.2) is 77.3 Å². The zero-order chi connectivity index (χ0) is 21.3. The van der Waals surface area contributed by atoms with E-state index in [-0.39, 0.29) is 18.4 Å². The molecular weight excluding hydrogens is 446 g/mol. The molecule has 0 unspecified atom stereocenters. The number of carbonyl (C=O) groups excluding carboxylic acids is 2. The highest BCUT2D eigenvalue weighted by atomic mass is 79.9. The molecule has 30 heavy (non-hydrogen) atoms. The summed E-state index contributed by atoms with van der Waals surface area (Å²) in [5, 5.41) is 14.3. The van der Waals surface area contributed by atoms with E-state index in [1.807, 2.05) is 12.1 Å². The second-order valence-corrected chi connectivity index (χ2v) is 7.29. The van der Waals surface area contributed by atoms with Crippen molar-refractivity contribution in [3.63, 3.8) is 0 Å². The maximum atomic E-state index is 12.2. The SMILES string of the molecule is N#Cc1cccc(COc2cccc(NC(=O)CNC(=O)c3cccc(Br)c3)c2)c1. The standard InChI is InChI=1S/C23H18BrN3O3/c24-19-7-2-6-18(11-19)23(29)26-14-22(28)27-20-8-3-9-21(12-20)30-15-17-5-1-4-16(10-17)13-25/h1-12H,14-15H2,(H,26,29)(H,27,28). The van der Waals surface area contributed by atoms with Crippen LogP contribution in [0, 0.1) is 11.3 Å². The minimum absolute atomic E-state index is 0.155. The number of ether oxygens (including phenoxy) is 1. The highest BCUT2D eigenvalue weighted by Crippen LogP contribution is 2.19. The van der Waals surface area contributed by atoms with Gasteiger partial charge in [0.25, 0.3) is 5.91 Å². The van der Waals surface area contributed by atoms with Crippen LogP contribution in [-0.4, -0.2) is 18.4 Å². The Morgan fingerprint density at radius 2 is 1.80 bits per heavy atom. The van der Waals surface area contributed by atoms with Gasteiger partial charge < -0.3 is 15.4 Å². The Balaban J connectivity index is 1.52. The van der Waals surface area contributed by atoms with Crippen molar-refractivity contribution in [3.8, 4) is 11.8 Å². The predicted molar refractivity (Wildman–Crippen MR) is 117 cm³/mol. The van der Waals surface area contributed by atoms with Crippen LogP contribution in [0.3, 0.4) is 0 Å². The summed E-state index contributed by atoms with van der Waals surface area (Å²) in [7, 11) is 0. The van der Waals surface area contributed by atoms with Crippen molar-refractivity contribution in [3.05, 3.63) is 94.0 Å². The van der Waals surface area contributed by atoms with E-state index in [9.17, 15) is 9.59 Å². The number of nitrogens with one attached hydrogen (secondary N) is 2. The third kappa shape index (κ3) is 6.19. The van der Waals surface area contributed by atoms with Crippen LogP contribution < -0.4 is 15.4 Å². The molecule has 0 aliphatic rings. The third-order valence-electron chi connectivity index (χ3n) is 4.08. The number of nitriles is 1. The van der Waals surface area contributed by atoms with E-state index in [1.165, 1.54) is 0 Å². The highest BCUT2D eigenvalue weighted by Gasteiger charge is 2.09. The molecule has 0 fully saturated rings. The zero-order valence-corrected chi connectivity index (χ0v) is 17.5. The summed E-state index contributed by atoms with van der Waals surface area (Å²) in [6.07, 6.45) is 0. The van der Waals surface area contributed by atoms with Crippen molar-refractivity contribution >= 4 is 33.4 Å². The Kier molecular flexibility index (Phi) is 7.19. The van der Waals surface area contributed by atoms with Crippen LogP contribution >= 0.6 is 15.9 Å². The first-order chi connectivity index (χ1) is 14.5. The van der Waals surface area contributed by atoms with Crippen molar-refractivity contribution < 1.29 is 14.3 Å². The molecule has 6 nitrogen and oxygen atoms in total. The average molecular weight is 464 g/mol. The number of nitrogens with zero attached hydrogens (tertiary/aromatic N) is 1. The molecule has 3 rings (SSSR count). The lowest BCUT2D eigenvalue weighted by Gasteiger charge is -2.10. The van der Waals surface area contributed by atoms with E-state index in [1.54, 1.807) is 60.7 Å². The van der Waals surface area contributed by atoms with Gasteiger partial charge in [0.1, 0.15) is 12.4 Å². The van der Waals surface area contributed by atoms with Gasteiger partial charge in [-0.2, -0.15) is 5.26 Å². The second kappa shape index (κ2) is 10.2. The molecule has 0 bridgehead atoms. The molecule has 0 aliphatic carbocycles. The van der Waals surface area contributed by atoms with E-state index >= 15 is 0 Å². The monoisotopic (exact) mass is 463 g/mol. The first kappa shape index (κ1) is 21.1. The van der Waals surface area contributed by atoms with Gasteiger partial charge in [-0.3, -0.25) is 9.59 Å². The normalized spacial score (nSPS) is 10.0. The molecule has 3 aromatic carbocycles. The lowest BCUT2D eigenvalue weighted by atomic mass is 10.1. The molecule has 7 heteroatoms. The lowest BCUT2D eigenvalue weighted by Crippen LogP contribution is -2.32. The first-order valence-corrected chi connectivity index (χ1v) is 9.88. The van der Waals surface area contributed by atoms with E-state index in [2.05, 4.69) is 32.6 Å². The highest BCUT2D eigenvalue weighted by molar-refractivity contribution is 9.10. The fraction of sp³-hybridized carbons (Fsp3) is 0.0870. The molecule has 150 valence electrons. The quantitative estimate of drug-likeness (QED) is 0.547. The van der Waals surface area contributed by atoms with Gasteiger partial charge in [-0.05, 0) is 48.0 Å². The Morgan fingerprint density at radius 1 is 1.00 bits per heavy atom. The molecular formula is C23H18BrN3O3. The number of halogens is 1. The fourth-order valence-electron chi connectivity index (χ4n) is 2.66. The summed E-state index contributed by atoms with van der Waals surface area (Å²) in [6, 6.07) is 23.2. The minimum atomic E-state index is -0.350. The molecule has 0 aromatic heterocycles. The van der Waals surface area contributed by atoms with Gasteiger partial charge in [-0.1, -0.05) is 40.2 Å². The Hall–Kier alpha value is -3.63. The number of benzene rings is 3. The smallest absolute Gasteiger partial charge is 0.251 e. The molecule has 0 saturated carbocycles. The van der Waals surface area contributed by atoms with E-state index in [4.69, 9.17) is 10.00 Å². The van der Waals surface area contributed by atoms with Crippen LogP contribution in [0.25, 0.3) is 0 Å². The number of hydrogen-bond acceptors (Lipinski definition) is 4. The molecule has 0 spiro atoms. The van der Waals surface area contributed by atoms with Crippen LogP contribution in [0.4, 0.5) is 5.69 Å². The van der Waals surface area contributed by atoms with Gasteiger partial charge in [-0.25, -0.2) is 0 Å². The van der Waals surface area contributed by atoms with Gasteiger partial charge in [0.05, 0.1) is 18.2 Å². The van der Waals surface area contributed by atoms with Crippen molar-refractivity contribution in [1.29, 1.82) is 5.26 Å². The number of hydrogen-bond donors (Lipinski definition) is 2. The Bertz CT molecular complexity index is 1110. The summed E-state index contributed by atoms with van der Waals surface area (Å²) < 4.78 is 6.53. The summed E-state index contributed by atoms with van der Waals surface area (Å²) in [4.78, 5) is 24.3. The van der Waals surface area contributed by atoms with Gasteiger partial charge in [0, 0.05) is 21.8 Å². The maximum Gasteiger partial charge on any atom is 0.251 e. The second-order valence-electron chi connectivity index (χ2n) is 6.37. The zero-order valence-electron chi connectivity index (χ0n) is 15.9. The largest absolute Gasteiger partial charge is 0.489 e. The molecule has 0 saturated heterocycles. The molecule has 2 amide bonds. The predicted octanol–water partition coefficient (Wildman–Crippen LogP) is 4.27. The summed E-state index contributed by atoms with van der Waals surface area (Å²) in [6.45, 7) is 0.146. The summed E-state index contributed by atoms with van der Waals surface area (Å²) in [5.74, 6) is -0.103. The summed E-state index contributed by atoms with van der Waals surface area (Å²) in [5.41, 5.74) is 2.47. The van der Waals surface area contributed by atoms with Crippen LogP contribution in [0.5, 0.6) is 5.75 Å². The lowest BCUT2D eigenvalue weighted by molar-refractivity contribution is -0.115. The number of carbonyl (C=O) groups is 2. The molecule has 0 aliphatic heterocycles. The maximum absolute atomic E-state index is 12.2. The molecule has 2 N–H and O–H groups in total. The summed E-state index contributed by atoms with van der Waals surface area (Å²) >= 11 is 3.31. The van der Waals surface area contributed by atoms with E-state index in [0.717, 1.165) is 10.0 Å². The molecule has 0 atom stereocenters. The van der Waals surface area contributed by atoms with Gasteiger partial charge in [-0.15, -0.1) is 0 Å². The van der Waals surface area contributed by atoms with Gasteiger partial charge in [0.2, 0.25) is 5.91 Å². The molecule has 0 heterocycles. The van der Waals surface area contributed by atoms with E-state index < -0.39 is 0 Å². The average Bonchev–Trinajstić information content (AvgIpc) is 2.76. The van der Waals surface area contributed by atoms with Crippen LogP contribution in [0.2, 0.25) is 0 Å².